The van der Waals surface area contributed by atoms with Crippen LogP contribution in [-0.4, -0.2) is 60.0 Å². The number of carbonyl (C=O) groups is 3. The molecule has 0 spiro atoms. The highest BCUT2D eigenvalue weighted by atomic mass is 32.2. The van der Waals surface area contributed by atoms with Crippen molar-refractivity contribution in [3.8, 4) is 0 Å². The first kappa shape index (κ1) is 18.9. The van der Waals surface area contributed by atoms with Gasteiger partial charge in [-0.05, 0) is 24.0 Å². The number of hydrogen-bond acceptors (Lipinski definition) is 6. The van der Waals surface area contributed by atoms with Crippen molar-refractivity contribution in [2.45, 2.75) is 11.7 Å². The number of nitrogens with one attached hydrogen (secondary N) is 1. The molecule has 1 aliphatic heterocycles. The van der Waals surface area contributed by atoms with Gasteiger partial charge in [0.2, 0.25) is 11.8 Å². The van der Waals surface area contributed by atoms with Crippen LogP contribution in [0.5, 0.6) is 0 Å². The molecule has 1 aliphatic rings. The standard InChI is InChI=1S/C16H18FN3O4S/c1-25-13-8-15(22)20(16(13)23)7-6-18-14(21)10-24-19-9-11-2-4-12(17)5-3-11/h2-5,9,13H,6-8,10H2,1H3,(H,18,21)/i17-1. The SMILES string of the molecule is CSC1CC(=O)N(CCNC(=O)CON=Cc2ccc([18F])cc2)C1=O. The molecular weight excluding hydrogens is 348 g/mol. The Labute approximate surface area is 148 Å². The fourth-order valence-corrected chi connectivity index (χ4v) is 2.81. The first-order valence-electron chi connectivity index (χ1n) is 7.56. The Hall–Kier alpha value is -2.42. The van der Waals surface area contributed by atoms with E-state index in [0.29, 0.717) is 5.56 Å². The molecule has 3 amide bonds. The third-order valence-electron chi connectivity index (χ3n) is 3.49. The zero-order valence-corrected chi connectivity index (χ0v) is 14.4. The Balaban J connectivity index is 1.65. The summed E-state index contributed by atoms with van der Waals surface area (Å²) in [6.07, 6.45) is 3.34. The lowest BCUT2D eigenvalue weighted by Crippen LogP contribution is -2.39. The van der Waals surface area contributed by atoms with E-state index in [-0.39, 0.29) is 49.0 Å². The summed E-state index contributed by atoms with van der Waals surface area (Å²) in [4.78, 5) is 41.2. The smallest absolute Gasteiger partial charge is 0.260 e. The second-order valence-corrected chi connectivity index (χ2v) is 6.26. The Morgan fingerprint density at radius 2 is 2.16 bits per heavy atom. The molecule has 1 heterocycles. The van der Waals surface area contributed by atoms with E-state index < -0.39 is 5.91 Å². The second kappa shape index (κ2) is 9.16. The van der Waals surface area contributed by atoms with Gasteiger partial charge in [-0.1, -0.05) is 17.3 Å². The van der Waals surface area contributed by atoms with E-state index in [0.717, 1.165) is 4.90 Å². The van der Waals surface area contributed by atoms with Gasteiger partial charge in [0.1, 0.15) is 5.82 Å². The van der Waals surface area contributed by atoms with Crippen LogP contribution in [0.2, 0.25) is 0 Å². The second-order valence-electron chi connectivity index (χ2n) is 5.22. The highest BCUT2D eigenvalue weighted by Crippen LogP contribution is 2.22. The number of likely N-dealkylation sites (tertiary alicyclic amines) is 1. The van der Waals surface area contributed by atoms with Crippen LogP contribution in [-0.2, 0) is 19.2 Å². The Bertz CT molecular complexity index is 666. The van der Waals surface area contributed by atoms with E-state index in [1.54, 1.807) is 6.26 Å². The summed E-state index contributed by atoms with van der Waals surface area (Å²) in [5, 5.41) is 5.84. The first-order chi connectivity index (χ1) is 12.0. The molecule has 1 saturated heterocycles. The molecule has 1 atom stereocenters. The van der Waals surface area contributed by atoms with Crippen LogP contribution in [0.1, 0.15) is 12.0 Å². The summed E-state index contributed by atoms with van der Waals surface area (Å²) in [6, 6.07) is 5.62. The number of nitrogens with zero attached hydrogens (tertiary/aromatic N) is 2. The van der Waals surface area contributed by atoms with Gasteiger partial charge in [-0.2, -0.15) is 11.8 Å². The molecule has 2 rings (SSSR count). The van der Waals surface area contributed by atoms with Gasteiger partial charge in [0.15, 0.2) is 6.61 Å². The van der Waals surface area contributed by atoms with E-state index in [4.69, 9.17) is 4.84 Å². The largest absolute Gasteiger partial charge is 0.386 e. The Morgan fingerprint density at radius 1 is 1.44 bits per heavy atom. The molecule has 1 aromatic carbocycles. The summed E-state index contributed by atoms with van der Waals surface area (Å²) >= 11 is 1.34. The van der Waals surface area contributed by atoms with E-state index >= 15 is 0 Å². The van der Waals surface area contributed by atoms with Crippen LogP contribution in [0, 0.1) is 5.82 Å². The molecule has 134 valence electrons. The fourth-order valence-electron chi connectivity index (χ4n) is 2.17. The Morgan fingerprint density at radius 3 is 2.80 bits per heavy atom. The average molecular weight is 366 g/mol. The van der Waals surface area contributed by atoms with Gasteiger partial charge in [-0.3, -0.25) is 19.3 Å². The first-order valence-corrected chi connectivity index (χ1v) is 8.84. The lowest BCUT2D eigenvalue weighted by Gasteiger charge is -2.14. The van der Waals surface area contributed by atoms with E-state index in [1.165, 1.54) is 42.2 Å². The maximum Gasteiger partial charge on any atom is 0.260 e. The third-order valence-corrected chi connectivity index (χ3v) is 4.42. The van der Waals surface area contributed by atoms with E-state index in [2.05, 4.69) is 10.5 Å². The molecule has 0 aromatic heterocycles. The molecule has 1 unspecified atom stereocenters. The predicted molar refractivity (Wildman–Crippen MR) is 91.6 cm³/mol. The van der Waals surface area contributed by atoms with Crippen molar-refractivity contribution < 1.29 is 23.6 Å². The minimum absolute atomic E-state index is 0.138. The molecule has 0 aliphatic carbocycles. The summed E-state index contributed by atoms with van der Waals surface area (Å²) in [5.41, 5.74) is 0.635. The van der Waals surface area contributed by atoms with Crippen LogP contribution in [0.15, 0.2) is 29.4 Å². The van der Waals surface area contributed by atoms with Crippen LogP contribution in [0.3, 0.4) is 0 Å². The van der Waals surface area contributed by atoms with Crippen molar-refractivity contribution in [2.24, 2.45) is 5.16 Å². The number of thioether (sulfide) groups is 1. The molecule has 1 N–H and O–H groups in total. The molecule has 7 nitrogen and oxygen atoms in total. The molecule has 0 bridgehead atoms. The van der Waals surface area contributed by atoms with Crippen molar-refractivity contribution in [1.29, 1.82) is 0 Å². The molecule has 25 heavy (non-hydrogen) atoms. The Kier molecular flexibility index (Phi) is 6.93. The topological polar surface area (TPSA) is 88.1 Å². The number of imide groups is 1. The number of halogens is 1. The van der Waals surface area contributed by atoms with Crippen LogP contribution in [0.25, 0.3) is 0 Å². The summed E-state index contributed by atoms with van der Waals surface area (Å²) in [5.74, 6) is -1.21. The summed E-state index contributed by atoms with van der Waals surface area (Å²) in [6.45, 7) is -0.00517. The lowest BCUT2D eigenvalue weighted by molar-refractivity contribution is -0.138. The zero-order chi connectivity index (χ0) is 18.2. The minimum atomic E-state index is -0.420. The number of benzene rings is 1. The van der Waals surface area contributed by atoms with Gasteiger partial charge in [0.05, 0.1) is 11.5 Å². The monoisotopic (exact) mass is 366 g/mol. The van der Waals surface area contributed by atoms with Crippen molar-refractivity contribution in [3.05, 3.63) is 35.6 Å². The predicted octanol–water partition coefficient (Wildman–Crippen LogP) is 0.783. The number of oxime groups is 1. The van der Waals surface area contributed by atoms with Crippen LogP contribution in [0.4, 0.5) is 4.39 Å². The highest BCUT2D eigenvalue weighted by molar-refractivity contribution is 8.00. The molecule has 1 aromatic rings. The average Bonchev–Trinajstić information content (AvgIpc) is 2.87. The van der Waals surface area contributed by atoms with Gasteiger partial charge in [0.25, 0.3) is 5.91 Å². The highest BCUT2D eigenvalue weighted by Gasteiger charge is 2.37. The van der Waals surface area contributed by atoms with Gasteiger partial charge >= 0.3 is 0 Å². The number of carbonyl (C=O) groups excluding carboxylic acids is 3. The maximum atomic E-state index is 12.7. The van der Waals surface area contributed by atoms with Gasteiger partial charge in [-0.15, -0.1) is 0 Å². The van der Waals surface area contributed by atoms with Crippen molar-refractivity contribution >= 4 is 35.7 Å². The van der Waals surface area contributed by atoms with Crippen molar-refractivity contribution in [2.75, 3.05) is 26.0 Å². The third kappa shape index (κ3) is 5.56. The van der Waals surface area contributed by atoms with Crippen molar-refractivity contribution in [1.82, 2.24) is 10.2 Å². The molecule has 0 radical (unpaired) electrons. The van der Waals surface area contributed by atoms with Gasteiger partial charge < -0.3 is 10.2 Å². The number of amides is 3. The molecule has 1 fully saturated rings. The molecular formula is C16H18FN3O4S. The van der Waals surface area contributed by atoms with Gasteiger partial charge in [0, 0.05) is 19.5 Å². The number of rotatable bonds is 8. The van der Waals surface area contributed by atoms with Crippen LogP contribution >= 0.6 is 11.8 Å². The zero-order valence-electron chi connectivity index (χ0n) is 13.6. The molecule has 9 heteroatoms. The summed E-state index contributed by atoms with van der Waals surface area (Å²) < 4.78 is 12.7. The van der Waals surface area contributed by atoms with E-state index in [1.807, 2.05) is 0 Å². The van der Waals surface area contributed by atoms with Gasteiger partial charge in [-0.25, -0.2) is 4.39 Å². The van der Waals surface area contributed by atoms with Crippen molar-refractivity contribution in [3.63, 3.8) is 0 Å². The minimum Gasteiger partial charge on any atom is -0.386 e. The maximum absolute atomic E-state index is 12.7. The summed E-state index contributed by atoms with van der Waals surface area (Å²) in [7, 11) is 0. The fraction of sp³-hybridized carbons (Fsp3) is 0.375. The van der Waals surface area contributed by atoms with E-state index in [9.17, 15) is 18.8 Å². The number of hydrogen-bond donors (Lipinski definition) is 1. The normalized spacial score (nSPS) is 17.4. The molecule has 0 saturated carbocycles. The quantitative estimate of drug-likeness (QED) is 0.417. The van der Waals surface area contributed by atoms with Crippen LogP contribution < -0.4 is 5.32 Å². The lowest BCUT2D eigenvalue weighted by atomic mass is 10.2.